The van der Waals surface area contributed by atoms with E-state index < -0.39 is 17.8 Å². The average molecular weight is 604 g/mol. The Morgan fingerprint density at radius 3 is 2.27 bits per heavy atom. The van der Waals surface area contributed by atoms with Crippen molar-refractivity contribution < 1.29 is 27.6 Å². The highest BCUT2D eigenvalue weighted by Gasteiger charge is 2.36. The molecule has 44 heavy (non-hydrogen) atoms. The van der Waals surface area contributed by atoms with Gasteiger partial charge in [0.05, 0.1) is 22.3 Å². The summed E-state index contributed by atoms with van der Waals surface area (Å²) in [5, 5.41) is 7.67. The van der Waals surface area contributed by atoms with Crippen LogP contribution in [0.5, 0.6) is 0 Å². The number of piperazine rings is 1. The zero-order valence-corrected chi connectivity index (χ0v) is 23.6. The quantitative estimate of drug-likeness (QED) is 0.262. The van der Waals surface area contributed by atoms with Gasteiger partial charge in [-0.3, -0.25) is 14.6 Å². The van der Waals surface area contributed by atoms with Crippen LogP contribution in [0.3, 0.4) is 0 Å². The van der Waals surface area contributed by atoms with Gasteiger partial charge >= 0.3 is 12.2 Å². The minimum Gasteiger partial charge on any atom is -0.367 e. The molecule has 10 nitrogen and oxygen atoms in total. The molecule has 13 heteroatoms. The third kappa shape index (κ3) is 6.46. The number of fused-ring (bicyclic) bond motifs is 1. The second-order valence-electron chi connectivity index (χ2n) is 9.91. The lowest BCUT2D eigenvalue weighted by Crippen LogP contribution is -2.48. The predicted molar refractivity (Wildman–Crippen MR) is 161 cm³/mol. The molecule has 4 aromatic rings. The molecule has 226 valence electrons. The largest absolute Gasteiger partial charge is 0.418 e. The van der Waals surface area contributed by atoms with Crippen molar-refractivity contribution >= 4 is 45.9 Å². The number of pyridine rings is 2. The number of rotatable bonds is 6. The first-order valence-corrected chi connectivity index (χ1v) is 13.6. The van der Waals surface area contributed by atoms with E-state index in [1.165, 1.54) is 30.2 Å². The lowest BCUT2D eigenvalue weighted by molar-refractivity contribution is -0.137. The van der Waals surface area contributed by atoms with Crippen LogP contribution < -0.4 is 20.9 Å². The van der Waals surface area contributed by atoms with E-state index in [1.807, 2.05) is 0 Å². The maximum absolute atomic E-state index is 14.0. The van der Waals surface area contributed by atoms with E-state index in [1.54, 1.807) is 53.6 Å². The van der Waals surface area contributed by atoms with E-state index >= 15 is 0 Å². The number of halogens is 3. The number of carbonyl (C=O) groups excluding carboxylic acids is 3. The third-order valence-electron chi connectivity index (χ3n) is 7.14. The number of carbonyl (C=O) groups is 3. The van der Waals surface area contributed by atoms with Gasteiger partial charge in [0.15, 0.2) is 0 Å². The summed E-state index contributed by atoms with van der Waals surface area (Å²) in [6, 6.07) is 14.6. The Hall–Kier alpha value is -5.46. The predicted octanol–water partition coefficient (Wildman–Crippen LogP) is 5.15. The summed E-state index contributed by atoms with van der Waals surface area (Å²) in [6.07, 6.45) is -1.91. The summed E-state index contributed by atoms with van der Waals surface area (Å²) < 4.78 is 42.1. The standard InChI is InChI=1S/C31H28F3N7O3/c1-3-27(42)41-15-13-40(14-16-41)26-11-10-21(17-23(26)31(32,33)34)38-30(44)37-20-8-6-19(7-9-20)25-18-22(29(43)35-2)28-24(39-25)5-4-12-36-28/h3-12,17-18H,1,13-16H2,2H3,(H,35,43)(H2,37,38,44). The van der Waals surface area contributed by atoms with Crippen LogP contribution in [0.4, 0.5) is 35.0 Å². The maximum atomic E-state index is 14.0. The van der Waals surface area contributed by atoms with Crippen LogP contribution >= 0.6 is 0 Å². The molecule has 3 N–H and O–H groups in total. The fraction of sp³-hybridized carbons (Fsp3) is 0.194. The van der Waals surface area contributed by atoms with E-state index in [0.717, 1.165) is 6.07 Å². The van der Waals surface area contributed by atoms with E-state index in [2.05, 4.69) is 32.5 Å². The van der Waals surface area contributed by atoms with Crippen molar-refractivity contribution in [2.24, 2.45) is 0 Å². The SMILES string of the molecule is C=CC(=O)N1CCN(c2ccc(NC(=O)Nc3ccc(-c4cc(C(=O)NC)c5ncccc5n4)cc3)cc2C(F)(F)F)CC1. The molecule has 1 fully saturated rings. The van der Waals surface area contributed by atoms with Crippen molar-refractivity contribution in [2.75, 3.05) is 48.8 Å². The lowest BCUT2D eigenvalue weighted by atomic mass is 10.1. The minimum atomic E-state index is -4.67. The van der Waals surface area contributed by atoms with Gasteiger partial charge in [-0.15, -0.1) is 0 Å². The Bertz CT molecular complexity index is 1730. The van der Waals surface area contributed by atoms with Crippen LogP contribution in [0.15, 0.2) is 79.5 Å². The highest BCUT2D eigenvalue weighted by Crippen LogP contribution is 2.39. The molecule has 3 heterocycles. The molecule has 0 aliphatic carbocycles. The molecular formula is C31H28F3N7O3. The van der Waals surface area contributed by atoms with Crippen LogP contribution in [0.2, 0.25) is 0 Å². The first kappa shape index (κ1) is 30.0. The van der Waals surface area contributed by atoms with Gasteiger partial charge in [0, 0.05) is 62.0 Å². The summed E-state index contributed by atoms with van der Waals surface area (Å²) in [6.45, 7) is 4.44. The maximum Gasteiger partial charge on any atom is 0.418 e. The summed E-state index contributed by atoms with van der Waals surface area (Å²) in [7, 11) is 1.53. The average Bonchev–Trinajstić information content (AvgIpc) is 3.03. The highest BCUT2D eigenvalue weighted by atomic mass is 19.4. The van der Waals surface area contributed by atoms with Crippen LogP contribution in [0.1, 0.15) is 15.9 Å². The summed E-state index contributed by atoms with van der Waals surface area (Å²) in [5.41, 5.74) is 2.00. The van der Waals surface area contributed by atoms with Crippen LogP contribution in [0.25, 0.3) is 22.3 Å². The van der Waals surface area contributed by atoms with Crippen molar-refractivity contribution in [3.8, 4) is 11.3 Å². The van der Waals surface area contributed by atoms with Gasteiger partial charge in [-0.1, -0.05) is 18.7 Å². The van der Waals surface area contributed by atoms with Gasteiger partial charge in [0.1, 0.15) is 5.52 Å². The van der Waals surface area contributed by atoms with Crippen molar-refractivity contribution in [1.29, 1.82) is 0 Å². The molecule has 0 spiro atoms. The molecule has 0 bridgehead atoms. The number of aromatic nitrogens is 2. The molecule has 1 saturated heterocycles. The molecule has 5 rings (SSSR count). The number of amides is 4. The monoisotopic (exact) mass is 603 g/mol. The number of anilines is 3. The van der Waals surface area contributed by atoms with E-state index in [4.69, 9.17) is 0 Å². The molecule has 2 aromatic heterocycles. The van der Waals surface area contributed by atoms with E-state index in [9.17, 15) is 27.6 Å². The van der Waals surface area contributed by atoms with Gasteiger partial charge in [-0.25, -0.2) is 9.78 Å². The van der Waals surface area contributed by atoms with Crippen molar-refractivity contribution in [1.82, 2.24) is 20.2 Å². The Labute approximate surface area is 250 Å². The van der Waals surface area contributed by atoms with E-state index in [0.29, 0.717) is 33.5 Å². The van der Waals surface area contributed by atoms with Crippen LogP contribution in [0, 0.1) is 0 Å². The lowest BCUT2D eigenvalue weighted by Gasteiger charge is -2.36. The Balaban J connectivity index is 1.29. The van der Waals surface area contributed by atoms with Crippen molar-refractivity contribution in [3.63, 3.8) is 0 Å². The van der Waals surface area contributed by atoms with Gasteiger partial charge < -0.3 is 25.8 Å². The topological polar surface area (TPSA) is 120 Å². The number of hydrogen-bond donors (Lipinski definition) is 3. The third-order valence-corrected chi connectivity index (χ3v) is 7.14. The zero-order chi connectivity index (χ0) is 31.4. The zero-order valence-electron chi connectivity index (χ0n) is 23.6. The Kier molecular flexibility index (Phi) is 8.47. The molecule has 0 atom stereocenters. The van der Waals surface area contributed by atoms with Crippen molar-refractivity contribution in [3.05, 3.63) is 90.6 Å². The van der Waals surface area contributed by atoms with Gasteiger partial charge in [0.25, 0.3) is 5.91 Å². The first-order valence-electron chi connectivity index (χ1n) is 13.6. The molecule has 2 aromatic carbocycles. The Morgan fingerprint density at radius 1 is 0.932 bits per heavy atom. The number of alkyl halides is 3. The molecule has 1 aliphatic heterocycles. The first-order chi connectivity index (χ1) is 21.1. The molecule has 4 amide bonds. The number of nitrogens with one attached hydrogen (secondary N) is 3. The molecule has 1 aliphatic rings. The normalized spacial score (nSPS) is 13.4. The Morgan fingerprint density at radius 2 is 1.61 bits per heavy atom. The minimum absolute atomic E-state index is 0.0256. The fourth-order valence-electron chi connectivity index (χ4n) is 4.95. The van der Waals surface area contributed by atoms with Gasteiger partial charge in [-0.05, 0) is 54.6 Å². The number of nitrogens with zero attached hydrogens (tertiary/aromatic N) is 4. The highest BCUT2D eigenvalue weighted by molar-refractivity contribution is 6.05. The second-order valence-corrected chi connectivity index (χ2v) is 9.91. The summed E-state index contributed by atoms with van der Waals surface area (Å²) in [4.78, 5) is 48.9. The molecule has 0 unspecified atom stereocenters. The smallest absolute Gasteiger partial charge is 0.367 e. The molecule has 0 radical (unpaired) electrons. The van der Waals surface area contributed by atoms with Gasteiger partial charge in [0.2, 0.25) is 5.91 Å². The van der Waals surface area contributed by atoms with E-state index in [-0.39, 0.29) is 49.4 Å². The molecule has 0 saturated carbocycles. The molecular weight excluding hydrogens is 575 g/mol. The number of urea groups is 1. The van der Waals surface area contributed by atoms with Crippen LogP contribution in [-0.2, 0) is 11.0 Å². The number of benzene rings is 2. The second kappa shape index (κ2) is 12.4. The fourth-order valence-corrected chi connectivity index (χ4v) is 4.95. The van der Waals surface area contributed by atoms with Crippen LogP contribution in [-0.4, -0.2) is 65.9 Å². The summed E-state index contributed by atoms with van der Waals surface area (Å²) >= 11 is 0. The summed E-state index contributed by atoms with van der Waals surface area (Å²) in [5.74, 6) is -0.574. The van der Waals surface area contributed by atoms with Gasteiger partial charge in [-0.2, -0.15) is 13.2 Å². The van der Waals surface area contributed by atoms with Crippen molar-refractivity contribution in [2.45, 2.75) is 6.18 Å². The number of hydrogen-bond acceptors (Lipinski definition) is 6.